The third kappa shape index (κ3) is 4.93. The van der Waals surface area contributed by atoms with E-state index in [2.05, 4.69) is 0 Å². The van der Waals surface area contributed by atoms with Gasteiger partial charge in [0.2, 0.25) is 5.91 Å². The Morgan fingerprint density at radius 3 is 1.88 bits per heavy atom. The smallest absolute Gasteiger partial charge is 0.303 e. The molecule has 0 radical (unpaired) electrons. The zero-order valence-corrected chi connectivity index (χ0v) is 25.4. The van der Waals surface area contributed by atoms with Gasteiger partial charge in [-0.25, -0.2) is 0 Å². The van der Waals surface area contributed by atoms with E-state index in [1.807, 2.05) is 27.7 Å². The van der Waals surface area contributed by atoms with E-state index in [4.69, 9.17) is 18.9 Å². The zero-order valence-electron chi connectivity index (χ0n) is 25.4. The largest absolute Gasteiger partial charge is 0.462 e. The molecule has 0 aromatic carbocycles. The zero-order chi connectivity index (χ0) is 30.8. The number of esters is 4. The van der Waals surface area contributed by atoms with Crippen LogP contribution in [0.25, 0.3) is 0 Å². The molecule has 4 rings (SSSR count). The van der Waals surface area contributed by atoms with Crippen molar-refractivity contribution in [3.8, 4) is 0 Å². The molecule has 1 heterocycles. The summed E-state index contributed by atoms with van der Waals surface area (Å²) in [6.45, 7) is 14.3. The minimum absolute atomic E-state index is 0.0628. The highest BCUT2D eigenvalue weighted by molar-refractivity contribution is 5.75. The Hall–Kier alpha value is -2.95. The molecule has 4 aliphatic rings. The van der Waals surface area contributed by atoms with Crippen LogP contribution in [-0.4, -0.2) is 82.4 Å². The van der Waals surface area contributed by atoms with Crippen LogP contribution in [-0.2, 0) is 42.9 Å². The molecule has 9 atom stereocenters. The molecule has 11 heteroatoms. The van der Waals surface area contributed by atoms with E-state index in [9.17, 15) is 29.1 Å². The molecule has 3 aliphatic carbocycles. The van der Waals surface area contributed by atoms with E-state index in [1.54, 1.807) is 4.90 Å². The predicted octanol–water partition coefficient (Wildman–Crippen LogP) is 2.47. The van der Waals surface area contributed by atoms with E-state index in [1.165, 1.54) is 34.6 Å². The summed E-state index contributed by atoms with van der Waals surface area (Å²) in [6, 6.07) is -0.625. The third-order valence-corrected chi connectivity index (χ3v) is 10.3. The summed E-state index contributed by atoms with van der Waals surface area (Å²) in [5.41, 5.74) is -1.87. The monoisotopic (exact) mass is 577 g/mol. The van der Waals surface area contributed by atoms with Gasteiger partial charge in [0.05, 0.1) is 18.0 Å². The maximum absolute atomic E-state index is 12.7. The van der Waals surface area contributed by atoms with Crippen LogP contribution in [0.5, 0.6) is 0 Å². The van der Waals surface area contributed by atoms with Crippen molar-refractivity contribution in [2.75, 3.05) is 6.54 Å². The van der Waals surface area contributed by atoms with E-state index < -0.39 is 76.7 Å². The van der Waals surface area contributed by atoms with Crippen molar-refractivity contribution in [1.82, 2.24) is 4.90 Å². The minimum Gasteiger partial charge on any atom is -0.462 e. The number of amides is 1. The summed E-state index contributed by atoms with van der Waals surface area (Å²) in [6.07, 6.45) is -2.83. The molecule has 1 N–H and O–H groups in total. The Kier molecular flexibility index (Phi) is 7.86. The van der Waals surface area contributed by atoms with Crippen molar-refractivity contribution in [1.29, 1.82) is 0 Å². The summed E-state index contributed by atoms with van der Waals surface area (Å²) >= 11 is 0. The Morgan fingerprint density at radius 2 is 1.37 bits per heavy atom. The van der Waals surface area contributed by atoms with Crippen LogP contribution in [0, 0.1) is 22.7 Å². The fourth-order valence-corrected chi connectivity index (χ4v) is 8.46. The molecule has 1 amide bonds. The van der Waals surface area contributed by atoms with E-state index in [0.29, 0.717) is 24.0 Å². The van der Waals surface area contributed by atoms with Crippen LogP contribution >= 0.6 is 0 Å². The number of fused-ring (bicyclic) bond motifs is 5. The first kappa shape index (κ1) is 31.0. The van der Waals surface area contributed by atoms with Gasteiger partial charge >= 0.3 is 23.9 Å². The van der Waals surface area contributed by atoms with Crippen LogP contribution in [0.2, 0.25) is 0 Å². The van der Waals surface area contributed by atoms with Gasteiger partial charge in [-0.1, -0.05) is 20.8 Å². The first-order chi connectivity index (χ1) is 18.8. The third-order valence-electron chi connectivity index (χ3n) is 10.3. The summed E-state index contributed by atoms with van der Waals surface area (Å²) in [5, 5.41) is 12.3. The van der Waals surface area contributed by atoms with E-state index in [-0.39, 0.29) is 24.8 Å². The van der Waals surface area contributed by atoms with Crippen LogP contribution in [0.15, 0.2) is 11.1 Å². The number of rotatable bonds is 4. The Balaban J connectivity index is 2.03. The SMILES string of the molecule is CC(=O)O[C@H]1C[C@H]2C[C@@H]3[C@]4(O)CN(C(C)=O)[C@@H]4C[C@H](OC(C)=O)[C@@]3(C)[C@@H](OC(C)=O)[C@H](OC(C)=O)C(=C1C)C2(C)C. The summed E-state index contributed by atoms with van der Waals surface area (Å²) in [5.74, 6) is -3.32. The van der Waals surface area contributed by atoms with Crippen molar-refractivity contribution in [3.05, 3.63) is 11.1 Å². The number of hydrogen-bond donors (Lipinski definition) is 1. The lowest BCUT2D eigenvalue weighted by molar-refractivity contribution is -0.292. The number of carbonyl (C=O) groups excluding carboxylic acids is 5. The average molecular weight is 578 g/mol. The van der Waals surface area contributed by atoms with Crippen molar-refractivity contribution >= 4 is 29.8 Å². The Bertz CT molecular complexity index is 1190. The van der Waals surface area contributed by atoms with E-state index >= 15 is 0 Å². The number of likely N-dealkylation sites (tertiary alicyclic amines) is 1. The highest BCUT2D eigenvalue weighted by atomic mass is 16.6. The lowest BCUT2D eigenvalue weighted by Crippen LogP contribution is -2.82. The van der Waals surface area contributed by atoms with Gasteiger partial charge in [-0.3, -0.25) is 24.0 Å². The molecule has 2 bridgehead atoms. The molecule has 11 nitrogen and oxygen atoms in total. The maximum Gasteiger partial charge on any atom is 0.303 e. The second kappa shape index (κ2) is 10.4. The van der Waals surface area contributed by atoms with Gasteiger partial charge in [0.15, 0.2) is 12.2 Å². The molecule has 228 valence electrons. The van der Waals surface area contributed by atoms with Crippen LogP contribution < -0.4 is 0 Å². The quantitative estimate of drug-likeness (QED) is 0.300. The van der Waals surface area contributed by atoms with Crippen molar-refractivity contribution in [3.63, 3.8) is 0 Å². The number of carbonyl (C=O) groups is 5. The van der Waals surface area contributed by atoms with Crippen LogP contribution in [0.4, 0.5) is 0 Å². The molecule has 2 saturated carbocycles. The molecule has 41 heavy (non-hydrogen) atoms. The van der Waals surface area contributed by atoms with Crippen molar-refractivity contribution in [2.24, 2.45) is 22.7 Å². The number of ether oxygens (including phenoxy) is 4. The summed E-state index contributed by atoms with van der Waals surface area (Å²) < 4.78 is 23.7. The van der Waals surface area contributed by atoms with Crippen LogP contribution in [0.1, 0.15) is 81.6 Å². The molecule has 0 aromatic rings. The lowest BCUT2D eigenvalue weighted by atomic mass is 9.45. The van der Waals surface area contributed by atoms with Gasteiger partial charge in [-0.05, 0) is 42.2 Å². The molecule has 1 aliphatic heterocycles. The molecule has 1 saturated heterocycles. The fraction of sp³-hybridized carbons (Fsp3) is 0.767. The molecule has 0 spiro atoms. The lowest BCUT2D eigenvalue weighted by Gasteiger charge is -2.69. The second-order valence-electron chi connectivity index (χ2n) is 13.1. The van der Waals surface area contributed by atoms with Crippen molar-refractivity contribution in [2.45, 2.75) is 118 Å². The van der Waals surface area contributed by atoms with Gasteiger partial charge in [0.25, 0.3) is 0 Å². The van der Waals surface area contributed by atoms with E-state index in [0.717, 1.165) is 0 Å². The standard InChI is InChI=1S/C30H43NO10/c1-14-21(38-16(3)33)10-20-11-22-29(9,24(39-17(4)34)12-23-30(22,37)13-31(23)15(2)32)27(41-19(6)36)26(40-18(5)35)25(14)28(20,7)8/h20-24,26-27,37H,10-13H2,1-9H3/t20-,21-,22-,23+,24-,26+,27-,29-,30+/m0/s1. The second-order valence-corrected chi connectivity index (χ2v) is 13.1. The molecule has 0 aromatic heterocycles. The molecular weight excluding hydrogens is 534 g/mol. The Morgan fingerprint density at radius 1 is 0.805 bits per heavy atom. The highest BCUT2D eigenvalue weighted by Gasteiger charge is 2.73. The van der Waals surface area contributed by atoms with Gasteiger partial charge in [0, 0.05) is 47.0 Å². The summed E-state index contributed by atoms with van der Waals surface area (Å²) in [4.78, 5) is 64.0. The average Bonchev–Trinajstić information content (AvgIpc) is 2.81. The topological polar surface area (TPSA) is 146 Å². The predicted molar refractivity (Wildman–Crippen MR) is 144 cm³/mol. The van der Waals surface area contributed by atoms with Gasteiger partial charge in [0.1, 0.15) is 17.8 Å². The molecule has 3 fully saturated rings. The fourth-order valence-electron chi connectivity index (χ4n) is 8.46. The normalized spacial score (nSPS) is 39.1. The van der Waals surface area contributed by atoms with Crippen molar-refractivity contribution < 1.29 is 48.0 Å². The minimum atomic E-state index is -1.39. The molecule has 0 unspecified atom stereocenters. The summed E-state index contributed by atoms with van der Waals surface area (Å²) in [7, 11) is 0. The van der Waals surface area contributed by atoms with Gasteiger partial charge in [-0.15, -0.1) is 0 Å². The maximum atomic E-state index is 12.7. The van der Waals surface area contributed by atoms with Gasteiger partial charge in [-0.2, -0.15) is 0 Å². The van der Waals surface area contributed by atoms with Crippen LogP contribution in [0.3, 0.4) is 0 Å². The number of hydrogen-bond acceptors (Lipinski definition) is 10. The number of aliphatic hydroxyl groups is 1. The highest BCUT2D eigenvalue weighted by Crippen LogP contribution is 2.64. The number of β-amino-alcohol motifs (C(OH)–C–C–N with tert-alkyl or cyclic N) is 1. The number of nitrogens with zero attached hydrogens (tertiary/aromatic N) is 1. The first-order valence-corrected chi connectivity index (χ1v) is 14.2. The Labute approximate surface area is 240 Å². The first-order valence-electron chi connectivity index (χ1n) is 14.2. The molecular formula is C30H43NO10. The van der Waals surface area contributed by atoms with Gasteiger partial charge < -0.3 is 29.0 Å².